The predicted molar refractivity (Wildman–Crippen MR) is 157 cm³/mol. The number of amides is 3. The molecule has 3 amide bonds. The van der Waals surface area contributed by atoms with E-state index in [1.165, 1.54) is 9.80 Å². The maximum atomic E-state index is 14.4. The van der Waals surface area contributed by atoms with E-state index in [1.54, 1.807) is 41.3 Å². The van der Waals surface area contributed by atoms with Crippen molar-refractivity contribution in [1.29, 1.82) is 0 Å². The number of alkyl halides is 1. The van der Waals surface area contributed by atoms with Crippen LogP contribution in [0.5, 0.6) is 0 Å². The van der Waals surface area contributed by atoms with Crippen molar-refractivity contribution in [2.24, 2.45) is 11.8 Å². The van der Waals surface area contributed by atoms with E-state index in [-0.39, 0.29) is 42.9 Å². The predicted octanol–water partition coefficient (Wildman–Crippen LogP) is 3.82. The first-order chi connectivity index (χ1) is 19.3. The lowest BCUT2D eigenvalue weighted by Gasteiger charge is -2.37. The van der Waals surface area contributed by atoms with Crippen LogP contribution < -0.4 is 9.80 Å². The van der Waals surface area contributed by atoms with Gasteiger partial charge < -0.3 is 24.5 Å². The highest BCUT2D eigenvalue weighted by atomic mass is 79.9. The fourth-order valence-corrected chi connectivity index (χ4v) is 7.71. The molecule has 0 aromatic heterocycles. The summed E-state index contributed by atoms with van der Waals surface area (Å²) < 4.78 is 6.60. The summed E-state index contributed by atoms with van der Waals surface area (Å²) in [7, 11) is 0. The summed E-state index contributed by atoms with van der Waals surface area (Å²) in [6, 6.07) is 15.1. The zero-order valence-corrected chi connectivity index (χ0v) is 24.2. The van der Waals surface area contributed by atoms with Gasteiger partial charge in [0, 0.05) is 30.1 Å². The van der Waals surface area contributed by atoms with E-state index in [9.17, 15) is 19.5 Å². The SMILES string of the molecule is C=CCN(C(=O)[C@H]1[C@@H]2OC3(CC2Br)C(C(=O)N(CC=C)c2ccccc2Cl)N(CCO)C(=O)[C@H]13)c1ccccc1. The molecular formula is C30H31BrClN3O5. The Balaban J connectivity index is 1.58. The van der Waals surface area contributed by atoms with Gasteiger partial charge in [0.1, 0.15) is 11.6 Å². The molecule has 10 heteroatoms. The maximum absolute atomic E-state index is 14.4. The number of aliphatic hydroxyl groups is 1. The number of hydrogen-bond donors (Lipinski definition) is 1. The van der Waals surface area contributed by atoms with Crippen LogP contribution in [0.25, 0.3) is 0 Å². The van der Waals surface area contributed by atoms with Crippen molar-refractivity contribution in [3.05, 3.63) is 84.9 Å². The molecule has 3 saturated heterocycles. The second-order valence-corrected chi connectivity index (χ2v) is 11.8. The second-order valence-electron chi connectivity index (χ2n) is 10.2. The molecule has 0 radical (unpaired) electrons. The number of rotatable bonds is 10. The number of anilines is 2. The number of hydrogen-bond acceptors (Lipinski definition) is 5. The van der Waals surface area contributed by atoms with E-state index in [0.717, 1.165) is 0 Å². The number of carbonyl (C=O) groups excluding carboxylic acids is 3. The molecular weight excluding hydrogens is 598 g/mol. The minimum absolute atomic E-state index is 0.0745. The number of aliphatic hydroxyl groups excluding tert-OH is 1. The average molecular weight is 629 g/mol. The first kappa shape index (κ1) is 28.5. The highest BCUT2D eigenvalue weighted by Gasteiger charge is 2.77. The van der Waals surface area contributed by atoms with Gasteiger partial charge in [0.2, 0.25) is 11.8 Å². The van der Waals surface area contributed by atoms with Crippen molar-refractivity contribution in [2.45, 2.75) is 29.0 Å². The van der Waals surface area contributed by atoms with Gasteiger partial charge in [-0.3, -0.25) is 14.4 Å². The van der Waals surface area contributed by atoms with Gasteiger partial charge in [0.05, 0.1) is 35.3 Å². The molecule has 8 nitrogen and oxygen atoms in total. The van der Waals surface area contributed by atoms with Crippen molar-refractivity contribution in [3.63, 3.8) is 0 Å². The zero-order valence-electron chi connectivity index (χ0n) is 21.9. The molecule has 3 aliphatic rings. The highest BCUT2D eigenvalue weighted by molar-refractivity contribution is 9.09. The van der Waals surface area contributed by atoms with E-state index < -0.39 is 35.5 Å². The topological polar surface area (TPSA) is 90.4 Å². The molecule has 0 aliphatic carbocycles. The minimum Gasteiger partial charge on any atom is -0.395 e. The Labute approximate surface area is 247 Å². The standard InChI is InChI=1S/C30H31BrClN3O5/c1-3-14-33(19-10-6-5-7-11-19)27(37)23-24-28(38)35(16-17-36)26(30(24)18-20(31)25(23)40-30)29(39)34(15-4-2)22-13-9-8-12-21(22)32/h3-13,20,23-26,36H,1-2,14-18H2/t20?,23-,24+,25-,26?,30?/m1/s1. The van der Waals surface area contributed by atoms with Crippen LogP contribution in [0.4, 0.5) is 11.4 Å². The molecule has 6 atom stereocenters. The Kier molecular flexibility index (Phi) is 8.20. The first-order valence-electron chi connectivity index (χ1n) is 13.2. The van der Waals surface area contributed by atoms with Gasteiger partial charge in [0.15, 0.2) is 0 Å². The van der Waals surface area contributed by atoms with E-state index in [0.29, 0.717) is 22.8 Å². The summed E-state index contributed by atoms with van der Waals surface area (Å²) in [5.41, 5.74) is -0.113. The van der Waals surface area contributed by atoms with Crippen LogP contribution >= 0.6 is 27.5 Å². The van der Waals surface area contributed by atoms with Crippen molar-refractivity contribution in [3.8, 4) is 0 Å². The van der Waals surface area contributed by atoms with Gasteiger partial charge in [0.25, 0.3) is 5.91 Å². The Morgan fingerprint density at radius 1 is 1.07 bits per heavy atom. The lowest BCUT2D eigenvalue weighted by molar-refractivity contribution is -0.141. The van der Waals surface area contributed by atoms with E-state index in [2.05, 4.69) is 29.1 Å². The van der Waals surface area contributed by atoms with E-state index in [1.807, 2.05) is 30.3 Å². The minimum atomic E-state index is -1.26. The Hall–Kier alpha value is -2.98. The second kappa shape index (κ2) is 11.5. The summed E-state index contributed by atoms with van der Waals surface area (Å²) in [6.07, 6.45) is 2.96. The fraction of sp³-hybridized carbons (Fsp3) is 0.367. The third kappa shape index (κ3) is 4.49. The van der Waals surface area contributed by atoms with Crippen LogP contribution in [0.2, 0.25) is 5.02 Å². The normalized spacial score (nSPS) is 28.3. The fourth-order valence-electron chi connectivity index (χ4n) is 6.53. The van der Waals surface area contributed by atoms with Gasteiger partial charge in [-0.05, 0) is 30.7 Å². The van der Waals surface area contributed by atoms with Crippen molar-refractivity contribution < 1.29 is 24.2 Å². The largest absolute Gasteiger partial charge is 0.395 e. The Bertz CT molecular complexity index is 1330. The van der Waals surface area contributed by atoms with Crippen molar-refractivity contribution in [2.75, 3.05) is 36.0 Å². The molecule has 3 heterocycles. The summed E-state index contributed by atoms with van der Waals surface area (Å²) in [5, 5.41) is 10.3. The summed E-state index contributed by atoms with van der Waals surface area (Å²) in [6.45, 7) is 7.59. The number of β-amino-alcohol motifs (C(OH)–C–C–N with tert-alkyl or cyclic N) is 1. The molecule has 2 bridgehead atoms. The van der Waals surface area contributed by atoms with Crippen LogP contribution in [0.3, 0.4) is 0 Å². The number of benzene rings is 2. The van der Waals surface area contributed by atoms with Crippen molar-refractivity contribution >= 4 is 56.6 Å². The Morgan fingerprint density at radius 2 is 1.73 bits per heavy atom. The Morgan fingerprint density at radius 3 is 2.38 bits per heavy atom. The van der Waals surface area contributed by atoms with Crippen molar-refractivity contribution in [1.82, 2.24) is 4.90 Å². The molecule has 3 fully saturated rings. The van der Waals surface area contributed by atoms with E-state index in [4.69, 9.17) is 16.3 Å². The van der Waals surface area contributed by atoms with Crippen LogP contribution in [0, 0.1) is 11.8 Å². The monoisotopic (exact) mass is 627 g/mol. The zero-order chi connectivity index (χ0) is 28.6. The third-order valence-corrected chi connectivity index (χ3v) is 9.18. The third-order valence-electron chi connectivity index (χ3n) is 8.02. The van der Waals surface area contributed by atoms with Gasteiger partial charge in [-0.2, -0.15) is 0 Å². The maximum Gasteiger partial charge on any atom is 0.253 e. The van der Waals surface area contributed by atoms with Gasteiger partial charge in [-0.25, -0.2) is 0 Å². The van der Waals surface area contributed by atoms with Crippen LogP contribution in [-0.2, 0) is 19.1 Å². The molecule has 2 aromatic rings. The summed E-state index contributed by atoms with van der Waals surface area (Å²) >= 11 is 10.2. The first-order valence-corrected chi connectivity index (χ1v) is 14.5. The van der Waals surface area contributed by atoms with Gasteiger partial charge >= 0.3 is 0 Å². The smallest absolute Gasteiger partial charge is 0.253 e. The lowest BCUT2D eigenvalue weighted by Crippen LogP contribution is -2.57. The molecule has 1 N–H and O–H groups in total. The molecule has 0 saturated carbocycles. The molecule has 5 rings (SSSR count). The number of ether oxygens (including phenoxy) is 1. The molecule has 2 aromatic carbocycles. The number of halogens is 2. The number of para-hydroxylation sites is 2. The molecule has 40 heavy (non-hydrogen) atoms. The lowest BCUT2D eigenvalue weighted by atomic mass is 9.70. The number of carbonyl (C=O) groups is 3. The summed E-state index contributed by atoms with van der Waals surface area (Å²) in [4.78, 5) is 47.0. The molecule has 210 valence electrons. The quantitative estimate of drug-likeness (QED) is 0.319. The number of nitrogens with zero attached hydrogens (tertiary/aromatic N) is 3. The number of fused-ring (bicyclic) bond motifs is 1. The highest BCUT2D eigenvalue weighted by Crippen LogP contribution is 2.60. The summed E-state index contributed by atoms with van der Waals surface area (Å²) in [5.74, 6) is -2.79. The number of likely N-dealkylation sites (tertiary alicyclic amines) is 1. The van der Waals surface area contributed by atoms with Crippen LogP contribution in [0.1, 0.15) is 6.42 Å². The molecule has 3 aliphatic heterocycles. The van der Waals surface area contributed by atoms with Crippen LogP contribution in [-0.4, -0.2) is 76.5 Å². The van der Waals surface area contributed by atoms with Gasteiger partial charge in [-0.15, -0.1) is 13.2 Å². The van der Waals surface area contributed by atoms with Crippen LogP contribution in [0.15, 0.2) is 79.9 Å². The average Bonchev–Trinajstić information content (AvgIpc) is 3.54. The molecule has 3 unspecified atom stereocenters. The molecule has 1 spiro atoms. The van der Waals surface area contributed by atoms with E-state index >= 15 is 0 Å². The van der Waals surface area contributed by atoms with Gasteiger partial charge in [-0.1, -0.05) is 70.0 Å².